The van der Waals surface area contributed by atoms with Gasteiger partial charge in [0.05, 0.1) is 22.2 Å². The van der Waals surface area contributed by atoms with Crippen LogP contribution in [0.25, 0.3) is 0 Å². The second-order valence-corrected chi connectivity index (χ2v) is 5.10. The van der Waals surface area contributed by atoms with Crippen molar-refractivity contribution < 1.29 is 14.1 Å². The molecule has 7 heteroatoms. The zero-order valence-electron chi connectivity index (χ0n) is 11.1. The van der Waals surface area contributed by atoms with Crippen molar-refractivity contribution in [2.75, 3.05) is 12.4 Å². The monoisotopic (exact) mass is 354 g/mol. The van der Waals surface area contributed by atoms with Crippen molar-refractivity contribution in [2.24, 2.45) is 0 Å². The molecule has 0 aliphatic heterocycles. The van der Waals surface area contributed by atoms with E-state index in [1.54, 1.807) is 13.2 Å². The maximum atomic E-state index is 13.6. The molecule has 0 saturated carbocycles. The molecule has 2 rings (SSSR count). The summed E-state index contributed by atoms with van der Waals surface area (Å²) in [5.74, 6) is 0.161. The molecular formula is C14H12BrFN2O3. The second-order valence-electron chi connectivity index (χ2n) is 4.24. The van der Waals surface area contributed by atoms with Crippen LogP contribution in [0.3, 0.4) is 0 Å². The van der Waals surface area contributed by atoms with E-state index in [4.69, 9.17) is 4.74 Å². The van der Waals surface area contributed by atoms with Crippen molar-refractivity contribution in [3.63, 3.8) is 0 Å². The van der Waals surface area contributed by atoms with E-state index in [9.17, 15) is 14.5 Å². The molecule has 0 aliphatic carbocycles. The summed E-state index contributed by atoms with van der Waals surface area (Å²) in [5.41, 5.74) is 0.819. The molecule has 1 N–H and O–H groups in total. The number of benzene rings is 2. The number of hydrogen-bond donors (Lipinski definition) is 1. The SMILES string of the molecule is COc1ccc(CNc2cc([N+](=O)[O-])ccc2F)cc1Br. The summed E-state index contributed by atoms with van der Waals surface area (Å²) in [7, 11) is 1.57. The third-order valence-electron chi connectivity index (χ3n) is 2.86. The molecule has 110 valence electrons. The van der Waals surface area contributed by atoms with Crippen LogP contribution < -0.4 is 10.1 Å². The lowest BCUT2D eigenvalue weighted by atomic mass is 10.2. The van der Waals surface area contributed by atoms with Crippen LogP contribution in [0.5, 0.6) is 5.75 Å². The Kier molecular flexibility index (Phi) is 4.74. The average molecular weight is 355 g/mol. The van der Waals surface area contributed by atoms with Crippen molar-refractivity contribution in [2.45, 2.75) is 6.54 Å². The number of nitrogens with one attached hydrogen (secondary N) is 1. The summed E-state index contributed by atoms with van der Waals surface area (Å²) in [5, 5.41) is 13.5. The smallest absolute Gasteiger partial charge is 0.271 e. The van der Waals surface area contributed by atoms with Gasteiger partial charge in [-0.2, -0.15) is 0 Å². The fraction of sp³-hybridized carbons (Fsp3) is 0.143. The summed E-state index contributed by atoms with van der Waals surface area (Å²) in [6.45, 7) is 0.334. The van der Waals surface area contributed by atoms with Gasteiger partial charge in [-0.15, -0.1) is 0 Å². The van der Waals surface area contributed by atoms with Gasteiger partial charge in [0, 0.05) is 18.7 Å². The Labute approximate surface area is 129 Å². The first-order valence-corrected chi connectivity index (χ1v) is 6.81. The van der Waals surface area contributed by atoms with Gasteiger partial charge in [-0.1, -0.05) is 6.07 Å². The maximum absolute atomic E-state index is 13.6. The molecular weight excluding hydrogens is 343 g/mol. The first kappa shape index (κ1) is 15.2. The van der Waals surface area contributed by atoms with E-state index in [0.29, 0.717) is 12.3 Å². The number of nitrogens with zero attached hydrogens (tertiary/aromatic N) is 1. The summed E-state index contributed by atoms with van der Waals surface area (Å²) >= 11 is 3.36. The van der Waals surface area contributed by atoms with Crippen molar-refractivity contribution in [3.05, 3.63) is 62.4 Å². The third kappa shape index (κ3) is 3.69. The van der Waals surface area contributed by atoms with E-state index in [1.165, 1.54) is 6.07 Å². The average Bonchev–Trinajstić information content (AvgIpc) is 2.46. The normalized spacial score (nSPS) is 10.2. The van der Waals surface area contributed by atoms with E-state index in [-0.39, 0.29) is 11.4 Å². The highest BCUT2D eigenvalue weighted by molar-refractivity contribution is 9.10. The van der Waals surface area contributed by atoms with Crippen molar-refractivity contribution >= 4 is 27.3 Å². The Bertz CT molecular complexity index is 679. The zero-order chi connectivity index (χ0) is 15.4. The van der Waals surface area contributed by atoms with E-state index in [2.05, 4.69) is 21.2 Å². The first-order valence-electron chi connectivity index (χ1n) is 6.01. The Morgan fingerprint density at radius 2 is 2.10 bits per heavy atom. The molecule has 0 heterocycles. The quantitative estimate of drug-likeness (QED) is 0.647. The van der Waals surface area contributed by atoms with Gasteiger partial charge in [0.15, 0.2) is 0 Å². The molecule has 0 aliphatic rings. The highest BCUT2D eigenvalue weighted by Gasteiger charge is 2.10. The predicted molar refractivity (Wildman–Crippen MR) is 81.1 cm³/mol. The Hall–Kier alpha value is -2.15. The number of halogens is 2. The van der Waals surface area contributed by atoms with Gasteiger partial charge in [0.1, 0.15) is 11.6 Å². The van der Waals surface area contributed by atoms with E-state index in [1.807, 2.05) is 12.1 Å². The number of ether oxygens (including phenoxy) is 1. The van der Waals surface area contributed by atoms with Gasteiger partial charge in [0.25, 0.3) is 5.69 Å². The minimum absolute atomic E-state index is 0.0936. The highest BCUT2D eigenvalue weighted by atomic mass is 79.9. The van der Waals surface area contributed by atoms with Crippen molar-refractivity contribution in [1.29, 1.82) is 0 Å². The minimum Gasteiger partial charge on any atom is -0.496 e. The predicted octanol–water partition coefficient (Wildman–Crippen LogP) is 4.12. The van der Waals surface area contributed by atoms with Crippen LogP contribution in [0.1, 0.15) is 5.56 Å². The van der Waals surface area contributed by atoms with Gasteiger partial charge in [-0.05, 0) is 39.7 Å². The molecule has 0 saturated heterocycles. The molecule has 0 radical (unpaired) electrons. The lowest BCUT2D eigenvalue weighted by Gasteiger charge is -2.09. The highest BCUT2D eigenvalue weighted by Crippen LogP contribution is 2.26. The summed E-state index contributed by atoms with van der Waals surface area (Å²) in [6, 6.07) is 8.82. The lowest BCUT2D eigenvalue weighted by molar-refractivity contribution is -0.384. The van der Waals surface area contributed by atoms with Crippen LogP contribution in [-0.2, 0) is 6.54 Å². The largest absolute Gasteiger partial charge is 0.496 e. The molecule has 2 aromatic rings. The topological polar surface area (TPSA) is 64.4 Å². The van der Waals surface area contributed by atoms with Gasteiger partial charge >= 0.3 is 0 Å². The molecule has 0 spiro atoms. The molecule has 0 fully saturated rings. The van der Waals surface area contributed by atoms with E-state index >= 15 is 0 Å². The molecule has 0 bridgehead atoms. The van der Waals surface area contributed by atoms with Crippen LogP contribution in [0.15, 0.2) is 40.9 Å². The van der Waals surface area contributed by atoms with Crippen LogP contribution in [0.2, 0.25) is 0 Å². The molecule has 0 atom stereocenters. The van der Waals surface area contributed by atoms with Gasteiger partial charge in [-0.25, -0.2) is 4.39 Å². The Morgan fingerprint density at radius 1 is 1.33 bits per heavy atom. The molecule has 0 unspecified atom stereocenters. The fourth-order valence-electron chi connectivity index (χ4n) is 1.78. The number of hydrogen-bond acceptors (Lipinski definition) is 4. The number of nitro benzene ring substituents is 1. The van der Waals surface area contributed by atoms with Crippen molar-refractivity contribution in [1.82, 2.24) is 0 Å². The Morgan fingerprint density at radius 3 is 2.71 bits per heavy atom. The lowest BCUT2D eigenvalue weighted by Crippen LogP contribution is -2.02. The molecule has 0 amide bonds. The van der Waals surface area contributed by atoms with E-state index in [0.717, 1.165) is 22.2 Å². The summed E-state index contributed by atoms with van der Waals surface area (Å²) < 4.78 is 19.5. The summed E-state index contributed by atoms with van der Waals surface area (Å²) in [6.07, 6.45) is 0. The maximum Gasteiger partial charge on any atom is 0.271 e. The summed E-state index contributed by atoms with van der Waals surface area (Å²) in [4.78, 5) is 10.1. The standard InChI is InChI=1S/C14H12BrFN2O3/c1-21-14-5-2-9(6-11(14)15)8-17-13-7-10(18(19)20)3-4-12(13)16/h2-7,17H,8H2,1H3. The van der Waals surface area contributed by atoms with Gasteiger partial charge in [-0.3, -0.25) is 10.1 Å². The third-order valence-corrected chi connectivity index (χ3v) is 3.48. The zero-order valence-corrected chi connectivity index (χ0v) is 12.7. The molecule has 21 heavy (non-hydrogen) atoms. The number of rotatable bonds is 5. The van der Waals surface area contributed by atoms with Crippen LogP contribution in [0.4, 0.5) is 15.8 Å². The van der Waals surface area contributed by atoms with Crippen LogP contribution in [-0.4, -0.2) is 12.0 Å². The second kappa shape index (κ2) is 6.53. The number of nitro groups is 1. The number of methoxy groups -OCH3 is 1. The Balaban J connectivity index is 2.14. The molecule has 0 aromatic heterocycles. The first-order chi connectivity index (χ1) is 10.0. The number of anilines is 1. The fourth-order valence-corrected chi connectivity index (χ4v) is 2.37. The minimum atomic E-state index is -0.561. The van der Waals surface area contributed by atoms with Gasteiger partial charge < -0.3 is 10.1 Å². The number of non-ortho nitro benzene ring substituents is 1. The molecule has 5 nitrogen and oxygen atoms in total. The van der Waals surface area contributed by atoms with Crippen LogP contribution >= 0.6 is 15.9 Å². The van der Waals surface area contributed by atoms with Crippen LogP contribution in [0, 0.1) is 15.9 Å². The van der Waals surface area contributed by atoms with Crippen molar-refractivity contribution in [3.8, 4) is 5.75 Å². The molecule has 2 aromatic carbocycles. The van der Waals surface area contributed by atoms with Gasteiger partial charge in [0.2, 0.25) is 0 Å². The van der Waals surface area contributed by atoms with E-state index < -0.39 is 10.7 Å².